The van der Waals surface area contributed by atoms with Gasteiger partial charge >= 0.3 is 0 Å². The Bertz CT molecular complexity index is 1300. The fourth-order valence-corrected chi connectivity index (χ4v) is 4.57. The summed E-state index contributed by atoms with van der Waals surface area (Å²) in [5.74, 6) is 0.484. The SMILES string of the molecule is CCOc1c(/C(C)=C/C(=O)Nc2nc3ccc(Cl)cc3s2)cc2c(C)coc2c1C. The molecule has 2 aromatic carbocycles. The normalized spacial score (nSPS) is 12.0. The lowest BCUT2D eigenvalue weighted by Gasteiger charge is -2.14. The largest absolute Gasteiger partial charge is 0.493 e. The molecule has 0 aliphatic rings. The predicted molar refractivity (Wildman–Crippen MR) is 124 cm³/mol. The average molecular weight is 441 g/mol. The van der Waals surface area contributed by atoms with Crippen molar-refractivity contribution in [1.82, 2.24) is 4.98 Å². The first kappa shape index (κ1) is 20.4. The van der Waals surface area contributed by atoms with Gasteiger partial charge in [0.2, 0.25) is 5.91 Å². The standard InChI is InChI=1S/C23H21ClN2O3S/c1-5-28-21-14(4)22-17(13(3)11-29-22)10-16(21)12(2)8-20(27)26-23-25-18-7-6-15(24)9-19(18)30-23/h6-11H,5H2,1-4H3,(H,25,26,27)/b12-8+. The van der Waals surface area contributed by atoms with Crippen LogP contribution in [0.2, 0.25) is 5.02 Å². The minimum Gasteiger partial charge on any atom is -0.493 e. The van der Waals surface area contributed by atoms with Gasteiger partial charge in [0.05, 0.1) is 23.1 Å². The van der Waals surface area contributed by atoms with Crippen molar-refractivity contribution in [2.45, 2.75) is 27.7 Å². The van der Waals surface area contributed by atoms with Gasteiger partial charge in [0.25, 0.3) is 0 Å². The number of carbonyl (C=O) groups excluding carboxylic acids is 1. The van der Waals surface area contributed by atoms with Gasteiger partial charge in [-0.3, -0.25) is 10.1 Å². The van der Waals surface area contributed by atoms with Crippen molar-refractivity contribution in [1.29, 1.82) is 0 Å². The number of aryl methyl sites for hydroxylation is 2. The number of halogens is 1. The van der Waals surface area contributed by atoms with Crippen LogP contribution in [-0.2, 0) is 4.79 Å². The van der Waals surface area contributed by atoms with Gasteiger partial charge < -0.3 is 9.15 Å². The van der Waals surface area contributed by atoms with E-state index in [4.69, 9.17) is 20.8 Å². The van der Waals surface area contributed by atoms with Crippen molar-refractivity contribution >= 4 is 60.7 Å². The molecule has 4 aromatic rings. The number of thiazole rings is 1. The number of carbonyl (C=O) groups is 1. The molecule has 0 spiro atoms. The second-order valence-corrected chi connectivity index (χ2v) is 8.52. The van der Waals surface area contributed by atoms with E-state index in [-0.39, 0.29) is 5.91 Å². The summed E-state index contributed by atoms with van der Waals surface area (Å²) in [6.45, 7) is 8.33. The summed E-state index contributed by atoms with van der Waals surface area (Å²) in [6, 6.07) is 7.48. The van der Waals surface area contributed by atoms with Crippen molar-refractivity contribution in [2.24, 2.45) is 0 Å². The predicted octanol–water partition coefficient (Wildman–Crippen LogP) is 6.75. The lowest BCUT2D eigenvalue weighted by molar-refractivity contribution is -0.111. The molecule has 0 aliphatic carbocycles. The van der Waals surface area contributed by atoms with Gasteiger partial charge in [-0.05, 0) is 63.1 Å². The van der Waals surface area contributed by atoms with Crippen molar-refractivity contribution in [3.63, 3.8) is 0 Å². The highest BCUT2D eigenvalue weighted by Gasteiger charge is 2.17. The smallest absolute Gasteiger partial charge is 0.250 e. The van der Waals surface area contributed by atoms with Crippen LogP contribution in [0.5, 0.6) is 5.75 Å². The lowest BCUT2D eigenvalue weighted by atomic mass is 9.98. The summed E-state index contributed by atoms with van der Waals surface area (Å²) >= 11 is 7.42. The lowest BCUT2D eigenvalue weighted by Crippen LogP contribution is -2.08. The quantitative estimate of drug-likeness (QED) is 0.348. The molecule has 0 radical (unpaired) electrons. The first-order chi connectivity index (χ1) is 14.4. The van der Waals surface area contributed by atoms with Crippen LogP contribution in [0.1, 0.15) is 30.5 Å². The van der Waals surface area contributed by atoms with E-state index >= 15 is 0 Å². The molecule has 1 N–H and O–H groups in total. The van der Waals surface area contributed by atoms with Gasteiger partial charge in [-0.2, -0.15) is 0 Å². The molecule has 0 saturated heterocycles. The number of anilines is 1. The number of aromatic nitrogens is 1. The molecule has 1 amide bonds. The summed E-state index contributed by atoms with van der Waals surface area (Å²) < 4.78 is 12.5. The zero-order valence-electron chi connectivity index (χ0n) is 17.1. The number of amides is 1. The number of hydrogen-bond donors (Lipinski definition) is 1. The number of allylic oxidation sites excluding steroid dienone is 1. The van der Waals surface area contributed by atoms with Crippen molar-refractivity contribution in [3.05, 3.63) is 58.3 Å². The zero-order chi connectivity index (χ0) is 21.4. The molecule has 0 saturated carbocycles. The van der Waals surface area contributed by atoms with Crippen LogP contribution in [0.25, 0.3) is 26.8 Å². The monoisotopic (exact) mass is 440 g/mol. The van der Waals surface area contributed by atoms with Crippen LogP contribution in [-0.4, -0.2) is 17.5 Å². The fourth-order valence-electron chi connectivity index (χ4n) is 3.43. The molecule has 4 rings (SSSR count). The third-order valence-corrected chi connectivity index (χ3v) is 6.05. The highest BCUT2D eigenvalue weighted by Crippen LogP contribution is 2.37. The molecule has 2 aromatic heterocycles. The molecule has 0 fully saturated rings. The topological polar surface area (TPSA) is 64.4 Å². The Hall–Kier alpha value is -2.83. The first-order valence-corrected chi connectivity index (χ1v) is 10.8. The van der Waals surface area contributed by atoms with E-state index in [9.17, 15) is 4.79 Å². The number of fused-ring (bicyclic) bond motifs is 2. The van der Waals surface area contributed by atoms with Crippen LogP contribution >= 0.6 is 22.9 Å². The van der Waals surface area contributed by atoms with Gasteiger partial charge in [-0.1, -0.05) is 22.9 Å². The van der Waals surface area contributed by atoms with Gasteiger partial charge in [0.15, 0.2) is 5.13 Å². The highest BCUT2D eigenvalue weighted by molar-refractivity contribution is 7.22. The summed E-state index contributed by atoms with van der Waals surface area (Å²) in [7, 11) is 0. The van der Waals surface area contributed by atoms with E-state index in [1.54, 1.807) is 18.4 Å². The van der Waals surface area contributed by atoms with Crippen molar-refractivity contribution in [3.8, 4) is 5.75 Å². The average Bonchev–Trinajstić information content (AvgIpc) is 3.26. The zero-order valence-corrected chi connectivity index (χ0v) is 18.7. The molecular weight excluding hydrogens is 420 g/mol. The molecule has 30 heavy (non-hydrogen) atoms. The van der Waals surface area contributed by atoms with Gasteiger partial charge in [-0.25, -0.2) is 4.98 Å². The van der Waals surface area contributed by atoms with E-state index in [0.717, 1.165) is 49.2 Å². The Morgan fingerprint density at radius 2 is 2.13 bits per heavy atom. The number of hydrogen-bond acceptors (Lipinski definition) is 5. The summed E-state index contributed by atoms with van der Waals surface area (Å²) in [6.07, 6.45) is 3.31. The molecule has 0 aliphatic heterocycles. The van der Waals surface area contributed by atoms with Crippen molar-refractivity contribution in [2.75, 3.05) is 11.9 Å². The Morgan fingerprint density at radius 3 is 2.90 bits per heavy atom. The van der Waals surface area contributed by atoms with E-state index in [1.807, 2.05) is 45.9 Å². The third-order valence-electron chi connectivity index (χ3n) is 4.88. The maximum atomic E-state index is 12.7. The highest BCUT2D eigenvalue weighted by atomic mass is 35.5. The maximum Gasteiger partial charge on any atom is 0.250 e. The van der Waals surface area contributed by atoms with Crippen LogP contribution in [0.3, 0.4) is 0 Å². The van der Waals surface area contributed by atoms with Crippen LogP contribution in [0, 0.1) is 13.8 Å². The maximum absolute atomic E-state index is 12.7. The number of benzene rings is 2. The summed E-state index contributed by atoms with van der Waals surface area (Å²) in [5.41, 5.74) is 5.25. The molecular formula is C23H21ClN2O3S. The Balaban J connectivity index is 1.67. The Morgan fingerprint density at radius 1 is 1.33 bits per heavy atom. The van der Waals surface area contributed by atoms with E-state index < -0.39 is 0 Å². The van der Waals surface area contributed by atoms with Crippen LogP contribution in [0.4, 0.5) is 5.13 Å². The molecule has 0 bridgehead atoms. The fraction of sp³-hybridized carbons (Fsp3) is 0.217. The van der Waals surface area contributed by atoms with E-state index in [2.05, 4.69) is 10.3 Å². The second-order valence-electron chi connectivity index (χ2n) is 7.05. The molecule has 2 heterocycles. The number of ether oxygens (including phenoxy) is 1. The van der Waals surface area contributed by atoms with Crippen molar-refractivity contribution < 1.29 is 13.9 Å². The number of rotatable bonds is 5. The molecule has 0 unspecified atom stereocenters. The molecule has 0 atom stereocenters. The number of furan rings is 1. The van der Waals surface area contributed by atoms with E-state index in [0.29, 0.717) is 16.8 Å². The summed E-state index contributed by atoms with van der Waals surface area (Å²) in [4.78, 5) is 17.1. The second kappa shape index (κ2) is 8.13. The minimum atomic E-state index is -0.248. The van der Waals surface area contributed by atoms with Crippen LogP contribution in [0.15, 0.2) is 41.0 Å². The number of nitrogens with zero attached hydrogens (tertiary/aromatic N) is 1. The Labute approximate surface area is 183 Å². The van der Waals surface area contributed by atoms with Gasteiger partial charge in [0.1, 0.15) is 11.3 Å². The summed E-state index contributed by atoms with van der Waals surface area (Å²) in [5, 5.41) is 5.04. The van der Waals surface area contributed by atoms with Gasteiger partial charge in [-0.15, -0.1) is 0 Å². The third kappa shape index (κ3) is 3.80. The van der Waals surface area contributed by atoms with Gasteiger partial charge in [0, 0.05) is 27.6 Å². The molecule has 154 valence electrons. The molecule has 7 heteroatoms. The number of nitrogens with one attached hydrogen (secondary N) is 1. The van der Waals surface area contributed by atoms with E-state index in [1.165, 1.54) is 11.3 Å². The first-order valence-electron chi connectivity index (χ1n) is 9.57. The molecule has 5 nitrogen and oxygen atoms in total. The van der Waals surface area contributed by atoms with Crippen LogP contribution < -0.4 is 10.1 Å². The Kier molecular flexibility index (Phi) is 5.54. The minimum absolute atomic E-state index is 0.248.